The monoisotopic (exact) mass is 1420 g/mol. The summed E-state index contributed by atoms with van der Waals surface area (Å²) in [5.74, 6) is -1.42. The number of aliphatic hydroxyl groups is 1. The van der Waals surface area contributed by atoms with Gasteiger partial charge in [0.25, 0.3) is 0 Å². The second-order valence-electron chi connectivity index (χ2n) is 28.6. The molecule has 0 saturated heterocycles. The van der Waals surface area contributed by atoms with Crippen LogP contribution in [-0.2, 0) is 65.4 Å². The molecule has 0 bridgehead atoms. The van der Waals surface area contributed by atoms with E-state index in [9.17, 15) is 43.2 Å². The van der Waals surface area contributed by atoms with Gasteiger partial charge in [-0.05, 0) is 31.6 Å². The van der Waals surface area contributed by atoms with Crippen LogP contribution in [0, 0.1) is 5.92 Å². The van der Waals surface area contributed by atoms with Gasteiger partial charge in [-0.15, -0.1) is 0 Å². The zero-order valence-corrected chi connectivity index (χ0v) is 65.0. The van der Waals surface area contributed by atoms with Gasteiger partial charge in [-0.25, -0.2) is 9.13 Å². The molecule has 17 nitrogen and oxygen atoms in total. The quantitative estimate of drug-likeness (QED) is 0.0222. The molecule has 0 fully saturated rings. The van der Waals surface area contributed by atoms with Crippen LogP contribution in [-0.4, -0.2) is 96.7 Å². The summed E-state index contributed by atoms with van der Waals surface area (Å²) in [5, 5.41) is 10.6. The van der Waals surface area contributed by atoms with Crippen molar-refractivity contribution in [1.82, 2.24) is 0 Å². The van der Waals surface area contributed by atoms with E-state index in [0.29, 0.717) is 31.6 Å². The van der Waals surface area contributed by atoms with E-state index in [0.717, 1.165) is 89.9 Å². The van der Waals surface area contributed by atoms with Gasteiger partial charge in [-0.3, -0.25) is 37.3 Å². The number of phosphoric acid groups is 2. The zero-order valence-electron chi connectivity index (χ0n) is 63.2. The van der Waals surface area contributed by atoms with Gasteiger partial charge < -0.3 is 33.8 Å². The SMILES string of the molecule is CCCCCCCCCCCCCCCCCCCCCCCC(=O)O[C@H](COC(=O)CCCCCCCCCCCCCCCCCCC)COP(=O)(O)OC[C@@H](O)COP(=O)(O)OC[C@@H](COC(=O)CCCCCCCCCCC)OC(=O)CCCCCCCCCC(C)C. The highest BCUT2D eigenvalue weighted by molar-refractivity contribution is 7.47. The van der Waals surface area contributed by atoms with Gasteiger partial charge >= 0.3 is 39.5 Å². The molecule has 0 spiro atoms. The Balaban J connectivity index is 5.18. The van der Waals surface area contributed by atoms with Crippen LogP contribution in [0.2, 0.25) is 0 Å². The fraction of sp³-hybridized carbons (Fsp3) is 0.949. The maximum Gasteiger partial charge on any atom is 0.472 e. The number of ether oxygens (including phenoxy) is 4. The Morgan fingerprint density at radius 1 is 0.278 bits per heavy atom. The number of hydrogen-bond acceptors (Lipinski definition) is 15. The lowest BCUT2D eigenvalue weighted by Crippen LogP contribution is -2.30. The van der Waals surface area contributed by atoms with Crippen molar-refractivity contribution in [2.45, 2.75) is 432 Å². The minimum Gasteiger partial charge on any atom is -0.462 e. The molecule has 0 heterocycles. The number of aliphatic hydroxyl groups excluding tert-OH is 1. The molecule has 3 N–H and O–H groups in total. The molecule has 0 aromatic carbocycles. The molecule has 0 aliphatic heterocycles. The first-order valence-corrected chi connectivity index (χ1v) is 43.6. The van der Waals surface area contributed by atoms with Gasteiger partial charge in [0.1, 0.15) is 19.3 Å². The molecule has 0 saturated carbocycles. The number of carbonyl (C=O) groups excluding carboxylic acids is 4. The van der Waals surface area contributed by atoms with Gasteiger partial charge in [0, 0.05) is 25.7 Å². The van der Waals surface area contributed by atoms with Gasteiger partial charge in [0.15, 0.2) is 12.2 Å². The van der Waals surface area contributed by atoms with E-state index in [1.807, 2.05) is 0 Å². The summed E-state index contributed by atoms with van der Waals surface area (Å²) in [7, 11) is -9.91. The van der Waals surface area contributed by atoms with Crippen molar-refractivity contribution < 1.29 is 80.2 Å². The summed E-state index contributed by atoms with van der Waals surface area (Å²) in [4.78, 5) is 72.8. The molecule has 0 radical (unpaired) electrons. The third-order valence-electron chi connectivity index (χ3n) is 18.3. The first kappa shape index (κ1) is 95.1. The van der Waals surface area contributed by atoms with E-state index in [-0.39, 0.29) is 25.7 Å². The fourth-order valence-electron chi connectivity index (χ4n) is 12.1. The summed E-state index contributed by atoms with van der Waals surface area (Å²) >= 11 is 0. The van der Waals surface area contributed by atoms with Crippen LogP contribution < -0.4 is 0 Å². The van der Waals surface area contributed by atoms with E-state index in [4.69, 9.17) is 37.0 Å². The van der Waals surface area contributed by atoms with Crippen LogP contribution in [0.5, 0.6) is 0 Å². The van der Waals surface area contributed by atoms with Crippen LogP contribution in [0.3, 0.4) is 0 Å². The molecule has 0 aromatic heterocycles. The van der Waals surface area contributed by atoms with E-state index in [2.05, 4.69) is 34.6 Å². The molecule has 0 amide bonds. The lowest BCUT2D eigenvalue weighted by atomic mass is 10.0. The summed E-state index contributed by atoms with van der Waals surface area (Å²) in [5.41, 5.74) is 0. The van der Waals surface area contributed by atoms with Crippen molar-refractivity contribution in [3.8, 4) is 0 Å². The number of rotatable bonds is 78. The largest absolute Gasteiger partial charge is 0.472 e. The lowest BCUT2D eigenvalue weighted by Gasteiger charge is -2.21. The van der Waals surface area contributed by atoms with Crippen molar-refractivity contribution >= 4 is 39.5 Å². The van der Waals surface area contributed by atoms with Crippen LogP contribution in [0.1, 0.15) is 413 Å². The van der Waals surface area contributed by atoms with Gasteiger partial charge in [0.05, 0.1) is 26.4 Å². The molecule has 19 heteroatoms. The predicted molar refractivity (Wildman–Crippen MR) is 395 cm³/mol. The molecule has 97 heavy (non-hydrogen) atoms. The first-order valence-electron chi connectivity index (χ1n) is 40.6. The number of hydrogen-bond donors (Lipinski definition) is 3. The van der Waals surface area contributed by atoms with E-state index < -0.39 is 97.5 Å². The highest BCUT2D eigenvalue weighted by atomic mass is 31.2. The summed E-state index contributed by atoms with van der Waals surface area (Å²) in [6, 6.07) is 0. The molecule has 5 atom stereocenters. The van der Waals surface area contributed by atoms with Gasteiger partial charge in [-0.1, -0.05) is 362 Å². The topological polar surface area (TPSA) is 237 Å². The average molecular weight is 1420 g/mol. The highest BCUT2D eigenvalue weighted by Gasteiger charge is 2.30. The maximum atomic E-state index is 13.1. The van der Waals surface area contributed by atoms with Crippen molar-refractivity contribution in [2.24, 2.45) is 5.92 Å². The number of phosphoric ester groups is 2. The minimum absolute atomic E-state index is 0.104. The Morgan fingerprint density at radius 3 is 0.701 bits per heavy atom. The van der Waals surface area contributed by atoms with Crippen LogP contribution in [0.25, 0.3) is 0 Å². The highest BCUT2D eigenvalue weighted by Crippen LogP contribution is 2.45. The lowest BCUT2D eigenvalue weighted by molar-refractivity contribution is -0.161. The Kier molecular flexibility index (Phi) is 69.6. The van der Waals surface area contributed by atoms with E-state index in [1.54, 1.807) is 0 Å². The molecule has 0 aliphatic rings. The summed E-state index contributed by atoms with van der Waals surface area (Å²) in [6.45, 7) is 7.22. The number of esters is 4. The Morgan fingerprint density at radius 2 is 0.474 bits per heavy atom. The third kappa shape index (κ3) is 72.2. The molecular weight excluding hydrogens is 1270 g/mol. The molecular formula is C78H152O17P2. The number of carbonyl (C=O) groups is 4. The predicted octanol–water partition coefficient (Wildman–Crippen LogP) is 23.3. The Bertz CT molecular complexity index is 1860. The van der Waals surface area contributed by atoms with Gasteiger partial charge in [0.2, 0.25) is 0 Å². The van der Waals surface area contributed by atoms with E-state index >= 15 is 0 Å². The molecule has 576 valence electrons. The molecule has 0 rings (SSSR count). The van der Waals surface area contributed by atoms with Crippen molar-refractivity contribution in [3.63, 3.8) is 0 Å². The smallest absolute Gasteiger partial charge is 0.462 e. The summed E-state index contributed by atoms with van der Waals surface area (Å²) < 4.78 is 68.5. The van der Waals surface area contributed by atoms with E-state index in [1.165, 1.54) is 238 Å². The second kappa shape index (κ2) is 71.1. The Hall–Kier alpha value is -1.94. The fourth-order valence-corrected chi connectivity index (χ4v) is 13.6. The molecule has 0 aliphatic carbocycles. The minimum atomic E-state index is -4.96. The van der Waals surface area contributed by atoms with Crippen LogP contribution in [0.4, 0.5) is 0 Å². The van der Waals surface area contributed by atoms with Crippen LogP contribution in [0.15, 0.2) is 0 Å². The van der Waals surface area contributed by atoms with Crippen molar-refractivity contribution in [3.05, 3.63) is 0 Å². The number of unbranched alkanes of at least 4 members (excludes halogenated alkanes) is 50. The maximum absolute atomic E-state index is 13.1. The first-order chi connectivity index (χ1) is 47.0. The second-order valence-corrected chi connectivity index (χ2v) is 31.5. The van der Waals surface area contributed by atoms with Gasteiger partial charge in [-0.2, -0.15) is 0 Å². The Labute approximate surface area is 594 Å². The van der Waals surface area contributed by atoms with Crippen molar-refractivity contribution in [1.29, 1.82) is 0 Å². The average Bonchev–Trinajstić information content (AvgIpc) is 1.31. The normalized spacial score (nSPS) is 13.9. The summed E-state index contributed by atoms with van der Waals surface area (Å²) in [6.07, 6.45) is 61.3. The van der Waals surface area contributed by atoms with Crippen LogP contribution >= 0.6 is 15.6 Å². The molecule has 0 aromatic rings. The van der Waals surface area contributed by atoms with Crippen molar-refractivity contribution in [2.75, 3.05) is 39.6 Å². The standard InChI is InChI=1S/C78H152O17P2/c1-6-9-12-15-18-21-23-25-27-29-30-31-32-34-36-38-40-43-48-53-58-63-77(82)94-73(67-89-76(81)62-57-52-47-42-39-37-35-33-28-26-24-22-19-16-13-10-7-2)69-92-96(84,85)90-65-72(79)66-91-97(86,87)93-70-74(68-88-75(80)61-56-51-46-41-20-17-14-11-8-3)95-78(83)64-59-54-49-44-45-50-55-60-71(4)5/h71-74,79H,6-70H2,1-5H3,(H,84,85)(H,86,87)/t72-,73-,74-/m1/s1. The zero-order chi connectivity index (χ0) is 71.2. The third-order valence-corrected chi connectivity index (χ3v) is 20.2. The molecule has 2 unspecified atom stereocenters.